The summed E-state index contributed by atoms with van der Waals surface area (Å²) in [6, 6.07) is 0. The van der Waals surface area contributed by atoms with Crippen molar-refractivity contribution < 1.29 is 25.8 Å². The number of hydrogen-bond acceptors (Lipinski definition) is 0. The van der Waals surface area contributed by atoms with Gasteiger partial charge in [-0.1, -0.05) is 79.1 Å². The van der Waals surface area contributed by atoms with Crippen LogP contribution in [0.25, 0.3) is 0 Å². The van der Waals surface area contributed by atoms with E-state index in [1.807, 2.05) is 0 Å². The molecule has 21 heavy (non-hydrogen) atoms. The van der Waals surface area contributed by atoms with E-state index < -0.39 is 0 Å². The zero-order chi connectivity index (χ0) is 15.1. The van der Waals surface area contributed by atoms with Crippen molar-refractivity contribution >= 4 is 0 Å². The van der Waals surface area contributed by atoms with E-state index in [1.54, 1.807) is 0 Å². The van der Waals surface area contributed by atoms with Crippen molar-refractivity contribution in [3.05, 3.63) is 46.6 Å². The van der Waals surface area contributed by atoms with Gasteiger partial charge in [0.1, 0.15) is 0 Å². The fraction of sp³-hybridized carbons (Fsp3) is 0.600. The molecule has 2 aliphatic carbocycles. The standard InChI is InChI=1S/2C10H15.Hf/c2*1-4-9-5-6-10(7-9)8(2)3;/h2*6,8H,4-5H2,1-3H3;/q2*-1;. The van der Waals surface area contributed by atoms with Crippen LogP contribution in [0.2, 0.25) is 0 Å². The third-order valence-corrected chi connectivity index (χ3v) is 3.88. The molecule has 0 nitrogen and oxygen atoms in total. The Labute approximate surface area is 151 Å². The van der Waals surface area contributed by atoms with E-state index >= 15 is 0 Å². The second-order valence-electron chi connectivity index (χ2n) is 6.20. The minimum Gasteiger partial charge on any atom is -0.249 e. The number of allylic oxidation sites excluding steroid dienone is 8. The summed E-state index contributed by atoms with van der Waals surface area (Å²) in [6.45, 7) is 13.3. The van der Waals surface area contributed by atoms with Gasteiger partial charge in [0.25, 0.3) is 0 Å². The third-order valence-electron chi connectivity index (χ3n) is 3.88. The van der Waals surface area contributed by atoms with E-state index in [2.05, 4.69) is 65.8 Å². The summed E-state index contributed by atoms with van der Waals surface area (Å²) in [5.41, 5.74) is 5.72. The maximum absolute atomic E-state index is 3.42. The molecule has 116 valence electrons. The SMILES string of the molecule is CCC1=[C-]C(C(C)C)=CC1.CCC1=[C-]C(C(C)C)=CC1.[Hf]. The summed E-state index contributed by atoms with van der Waals surface area (Å²) >= 11 is 0. The van der Waals surface area contributed by atoms with Crippen LogP contribution in [-0.2, 0) is 25.8 Å². The fourth-order valence-electron chi connectivity index (χ4n) is 2.30. The van der Waals surface area contributed by atoms with Gasteiger partial charge >= 0.3 is 0 Å². The van der Waals surface area contributed by atoms with Crippen molar-refractivity contribution in [1.82, 2.24) is 0 Å². The van der Waals surface area contributed by atoms with Crippen LogP contribution in [0.5, 0.6) is 0 Å². The molecular weight excluding hydrogens is 419 g/mol. The molecule has 0 amide bonds. The minimum absolute atomic E-state index is 0. The summed E-state index contributed by atoms with van der Waals surface area (Å²) in [5, 5.41) is 0. The first kappa shape index (κ1) is 20.8. The number of hydrogen-bond donors (Lipinski definition) is 0. The first-order valence-electron chi connectivity index (χ1n) is 8.11. The van der Waals surface area contributed by atoms with Crippen molar-refractivity contribution in [3.63, 3.8) is 0 Å². The van der Waals surface area contributed by atoms with Gasteiger partial charge in [0.2, 0.25) is 0 Å². The molecular formula is C20H30Hf-2. The van der Waals surface area contributed by atoms with Gasteiger partial charge in [0, 0.05) is 25.8 Å². The molecule has 0 saturated heterocycles. The zero-order valence-corrected chi connectivity index (χ0v) is 18.2. The summed E-state index contributed by atoms with van der Waals surface area (Å²) in [4.78, 5) is 0. The smallest absolute Gasteiger partial charge is 0 e. The molecule has 0 spiro atoms. The van der Waals surface area contributed by atoms with E-state index in [9.17, 15) is 0 Å². The molecule has 0 fully saturated rings. The second kappa shape index (κ2) is 10.5. The maximum Gasteiger partial charge on any atom is 0 e. The Morgan fingerprint density at radius 1 is 0.810 bits per heavy atom. The van der Waals surface area contributed by atoms with Crippen molar-refractivity contribution in [2.45, 2.75) is 67.2 Å². The van der Waals surface area contributed by atoms with Crippen LogP contribution in [0.4, 0.5) is 0 Å². The summed E-state index contributed by atoms with van der Waals surface area (Å²) in [7, 11) is 0. The average molecular weight is 449 g/mol. The molecule has 2 rings (SSSR count). The quantitative estimate of drug-likeness (QED) is 0.353. The molecule has 0 saturated carbocycles. The first-order chi connectivity index (χ1) is 9.47. The van der Waals surface area contributed by atoms with Crippen LogP contribution < -0.4 is 0 Å². The van der Waals surface area contributed by atoms with Crippen LogP contribution in [0.3, 0.4) is 0 Å². The predicted molar refractivity (Wildman–Crippen MR) is 89.2 cm³/mol. The number of rotatable bonds is 4. The van der Waals surface area contributed by atoms with Crippen molar-refractivity contribution in [3.8, 4) is 0 Å². The maximum atomic E-state index is 3.42. The largest absolute Gasteiger partial charge is 0.249 e. The van der Waals surface area contributed by atoms with Gasteiger partial charge in [-0.2, -0.15) is 11.1 Å². The Morgan fingerprint density at radius 2 is 1.14 bits per heavy atom. The van der Waals surface area contributed by atoms with Crippen molar-refractivity contribution in [1.29, 1.82) is 0 Å². The molecule has 0 atom stereocenters. The predicted octanol–water partition coefficient (Wildman–Crippen LogP) is 6.22. The minimum atomic E-state index is 0. The van der Waals surface area contributed by atoms with E-state index in [1.165, 1.54) is 22.3 Å². The average Bonchev–Trinajstić information content (AvgIpc) is 3.08. The molecule has 0 aromatic carbocycles. The molecule has 0 aromatic heterocycles. The Bertz CT molecular complexity index is 389. The van der Waals surface area contributed by atoms with Crippen LogP contribution >= 0.6 is 0 Å². The van der Waals surface area contributed by atoms with Gasteiger partial charge in [0.15, 0.2) is 0 Å². The summed E-state index contributed by atoms with van der Waals surface area (Å²) in [6.07, 6.45) is 16.0. The molecule has 0 heterocycles. The van der Waals surface area contributed by atoms with Crippen molar-refractivity contribution in [2.24, 2.45) is 11.8 Å². The van der Waals surface area contributed by atoms with Crippen LogP contribution in [-0.4, -0.2) is 0 Å². The van der Waals surface area contributed by atoms with Crippen molar-refractivity contribution in [2.75, 3.05) is 0 Å². The summed E-state index contributed by atoms with van der Waals surface area (Å²) in [5.74, 6) is 1.31. The zero-order valence-electron chi connectivity index (χ0n) is 14.6. The normalized spacial score (nSPS) is 16.8. The van der Waals surface area contributed by atoms with Crippen LogP contribution in [0, 0.1) is 24.0 Å². The topological polar surface area (TPSA) is 0 Å². The summed E-state index contributed by atoms with van der Waals surface area (Å²) < 4.78 is 0. The monoisotopic (exact) mass is 450 g/mol. The Kier molecular flexibility index (Phi) is 10.5. The Balaban J connectivity index is 0.000000364. The van der Waals surface area contributed by atoms with E-state index in [-0.39, 0.29) is 25.8 Å². The van der Waals surface area contributed by atoms with Gasteiger partial charge < -0.3 is 0 Å². The van der Waals surface area contributed by atoms with E-state index in [0.29, 0.717) is 11.8 Å². The second-order valence-corrected chi connectivity index (χ2v) is 6.20. The van der Waals surface area contributed by atoms with Gasteiger partial charge in [-0.05, 0) is 0 Å². The first-order valence-corrected chi connectivity index (χ1v) is 8.11. The van der Waals surface area contributed by atoms with Gasteiger partial charge in [-0.3, -0.25) is 0 Å². The van der Waals surface area contributed by atoms with Crippen LogP contribution in [0.15, 0.2) is 34.4 Å². The molecule has 0 aliphatic heterocycles. The van der Waals surface area contributed by atoms with E-state index in [4.69, 9.17) is 0 Å². The molecule has 1 heteroatoms. The van der Waals surface area contributed by atoms with E-state index in [0.717, 1.165) is 25.7 Å². The molecule has 0 unspecified atom stereocenters. The Hall–Kier alpha value is -0.170. The molecule has 0 bridgehead atoms. The molecule has 0 radical (unpaired) electrons. The molecule has 0 N–H and O–H groups in total. The Morgan fingerprint density at radius 3 is 1.29 bits per heavy atom. The van der Waals surface area contributed by atoms with Gasteiger partial charge in [-0.25, -0.2) is 35.5 Å². The van der Waals surface area contributed by atoms with Gasteiger partial charge in [-0.15, -0.1) is 0 Å². The van der Waals surface area contributed by atoms with Gasteiger partial charge in [0.05, 0.1) is 0 Å². The molecule has 2 aliphatic rings. The molecule has 0 aromatic rings. The third kappa shape index (κ3) is 7.08. The fourth-order valence-corrected chi connectivity index (χ4v) is 2.30. The van der Waals surface area contributed by atoms with Crippen LogP contribution in [0.1, 0.15) is 67.2 Å².